The molecule has 1 atom stereocenters. The normalized spacial score (nSPS) is 13.1. The average Bonchev–Trinajstić information content (AvgIpc) is 2.59. The van der Waals surface area contributed by atoms with Crippen molar-refractivity contribution in [1.29, 1.82) is 0 Å². The first kappa shape index (κ1) is 13.6. The second-order valence-corrected chi connectivity index (χ2v) is 4.62. The van der Waals surface area contributed by atoms with Crippen LogP contribution in [-0.2, 0) is 23.2 Å². The van der Waals surface area contributed by atoms with Crippen molar-refractivity contribution in [3.05, 3.63) is 12.2 Å². The van der Waals surface area contributed by atoms with Crippen LogP contribution in [0.3, 0.4) is 0 Å². The highest BCUT2D eigenvalue weighted by Gasteiger charge is 2.26. The van der Waals surface area contributed by atoms with Crippen molar-refractivity contribution < 1.29 is 9.53 Å². The molecule has 0 spiro atoms. The minimum absolute atomic E-state index is 0.159. The number of hydrogen-bond acceptors (Lipinski definition) is 5. The minimum Gasteiger partial charge on any atom is -0.456 e. The largest absolute Gasteiger partial charge is 0.456 e. The van der Waals surface area contributed by atoms with E-state index in [0.29, 0.717) is 5.82 Å². The quantitative estimate of drug-likeness (QED) is 0.699. The summed E-state index contributed by atoms with van der Waals surface area (Å²) in [4.78, 5) is 13.8. The average molecular weight is 240 g/mol. The van der Waals surface area contributed by atoms with Crippen LogP contribution in [0, 0.1) is 5.92 Å². The molecule has 6 heteroatoms. The SMILES string of the molecule is CC(C)[C@H](C(=O)OCc1nncn1C)N(C)C. The molecule has 6 nitrogen and oxygen atoms in total. The van der Waals surface area contributed by atoms with Crippen molar-refractivity contribution in [2.24, 2.45) is 13.0 Å². The third-order valence-corrected chi connectivity index (χ3v) is 2.58. The van der Waals surface area contributed by atoms with Crippen LogP contribution in [-0.4, -0.2) is 45.8 Å². The van der Waals surface area contributed by atoms with E-state index in [4.69, 9.17) is 4.74 Å². The van der Waals surface area contributed by atoms with Crippen molar-refractivity contribution in [1.82, 2.24) is 19.7 Å². The van der Waals surface area contributed by atoms with E-state index in [9.17, 15) is 4.79 Å². The second kappa shape index (κ2) is 5.77. The summed E-state index contributed by atoms with van der Waals surface area (Å²) < 4.78 is 6.98. The van der Waals surface area contributed by atoms with Crippen molar-refractivity contribution in [2.75, 3.05) is 14.1 Å². The summed E-state index contributed by atoms with van der Waals surface area (Å²) in [5.41, 5.74) is 0. The van der Waals surface area contributed by atoms with E-state index in [1.807, 2.05) is 39.9 Å². The Kier molecular flexibility index (Phi) is 4.62. The van der Waals surface area contributed by atoms with Crippen molar-refractivity contribution in [3.63, 3.8) is 0 Å². The van der Waals surface area contributed by atoms with E-state index in [1.54, 1.807) is 10.9 Å². The molecule has 0 saturated heterocycles. The van der Waals surface area contributed by atoms with Gasteiger partial charge >= 0.3 is 5.97 Å². The van der Waals surface area contributed by atoms with Gasteiger partial charge < -0.3 is 9.30 Å². The number of esters is 1. The molecule has 0 radical (unpaired) electrons. The number of aromatic nitrogens is 3. The molecule has 0 saturated carbocycles. The molecule has 1 heterocycles. The first-order chi connectivity index (χ1) is 7.93. The Bertz CT molecular complexity index is 365. The summed E-state index contributed by atoms with van der Waals surface area (Å²) in [7, 11) is 5.55. The molecule has 0 bridgehead atoms. The molecule has 0 aliphatic carbocycles. The zero-order valence-corrected chi connectivity index (χ0v) is 11.0. The monoisotopic (exact) mass is 240 g/mol. The predicted octanol–water partition coefficient (Wildman–Crippen LogP) is 0.445. The van der Waals surface area contributed by atoms with Gasteiger partial charge in [0.15, 0.2) is 12.4 Å². The number of rotatable bonds is 5. The summed E-state index contributed by atoms with van der Waals surface area (Å²) in [6, 6.07) is -0.233. The maximum absolute atomic E-state index is 11.9. The lowest BCUT2D eigenvalue weighted by Gasteiger charge is -2.25. The lowest BCUT2D eigenvalue weighted by atomic mass is 10.0. The Morgan fingerprint density at radius 2 is 2.18 bits per heavy atom. The first-order valence-corrected chi connectivity index (χ1v) is 5.59. The Morgan fingerprint density at radius 3 is 2.59 bits per heavy atom. The zero-order valence-electron chi connectivity index (χ0n) is 11.0. The molecular weight excluding hydrogens is 220 g/mol. The molecule has 0 N–H and O–H groups in total. The van der Waals surface area contributed by atoms with Crippen LogP contribution in [0.25, 0.3) is 0 Å². The summed E-state index contributed by atoms with van der Waals surface area (Å²) in [5, 5.41) is 7.58. The predicted molar refractivity (Wildman–Crippen MR) is 63.1 cm³/mol. The number of hydrogen-bond donors (Lipinski definition) is 0. The van der Waals surface area contributed by atoms with E-state index < -0.39 is 0 Å². The van der Waals surface area contributed by atoms with Crippen LogP contribution >= 0.6 is 0 Å². The smallest absolute Gasteiger partial charge is 0.324 e. The second-order valence-electron chi connectivity index (χ2n) is 4.62. The fourth-order valence-electron chi connectivity index (χ4n) is 1.74. The van der Waals surface area contributed by atoms with Crippen LogP contribution in [0.15, 0.2) is 6.33 Å². The number of carbonyl (C=O) groups excluding carboxylic acids is 1. The van der Waals surface area contributed by atoms with Crippen LogP contribution < -0.4 is 0 Å². The molecule has 1 aromatic heterocycles. The van der Waals surface area contributed by atoms with Crippen molar-refractivity contribution >= 4 is 5.97 Å². The Labute approximate surface area is 102 Å². The van der Waals surface area contributed by atoms with Gasteiger partial charge in [-0.1, -0.05) is 13.8 Å². The van der Waals surface area contributed by atoms with Crippen LogP contribution in [0.1, 0.15) is 19.7 Å². The summed E-state index contributed by atoms with van der Waals surface area (Å²) >= 11 is 0. The third kappa shape index (κ3) is 3.52. The van der Waals surface area contributed by atoms with E-state index >= 15 is 0 Å². The van der Waals surface area contributed by atoms with Crippen LogP contribution in [0.5, 0.6) is 0 Å². The molecule has 96 valence electrons. The number of aryl methyl sites for hydroxylation is 1. The van der Waals surface area contributed by atoms with E-state index in [2.05, 4.69) is 10.2 Å². The molecule has 0 aliphatic heterocycles. The molecule has 1 rings (SSSR count). The summed E-state index contributed by atoms with van der Waals surface area (Å²) in [6.07, 6.45) is 1.58. The zero-order chi connectivity index (χ0) is 13.0. The lowest BCUT2D eigenvalue weighted by Crippen LogP contribution is -2.41. The molecule has 0 aliphatic rings. The van der Waals surface area contributed by atoms with Gasteiger partial charge in [-0.2, -0.15) is 0 Å². The van der Waals surface area contributed by atoms with Gasteiger partial charge in [-0.05, 0) is 20.0 Å². The van der Waals surface area contributed by atoms with E-state index in [-0.39, 0.29) is 24.5 Å². The fraction of sp³-hybridized carbons (Fsp3) is 0.727. The van der Waals surface area contributed by atoms with E-state index in [0.717, 1.165) is 0 Å². The molecule has 1 aromatic rings. The topological polar surface area (TPSA) is 60.2 Å². The lowest BCUT2D eigenvalue weighted by molar-refractivity contribution is -0.152. The van der Waals surface area contributed by atoms with Crippen LogP contribution in [0.2, 0.25) is 0 Å². The van der Waals surface area contributed by atoms with Crippen molar-refractivity contribution in [2.45, 2.75) is 26.5 Å². The Hall–Kier alpha value is -1.43. The number of nitrogens with zero attached hydrogens (tertiary/aromatic N) is 4. The third-order valence-electron chi connectivity index (χ3n) is 2.58. The highest BCUT2D eigenvalue weighted by molar-refractivity contribution is 5.76. The van der Waals surface area contributed by atoms with Gasteiger partial charge in [-0.25, -0.2) is 0 Å². The number of ether oxygens (including phenoxy) is 1. The van der Waals surface area contributed by atoms with Gasteiger partial charge in [0.1, 0.15) is 12.4 Å². The molecule has 0 amide bonds. The van der Waals surface area contributed by atoms with E-state index in [1.165, 1.54) is 0 Å². The highest BCUT2D eigenvalue weighted by Crippen LogP contribution is 2.10. The number of likely N-dealkylation sites (N-methyl/N-ethyl adjacent to an activating group) is 1. The van der Waals surface area contributed by atoms with Gasteiger partial charge in [0, 0.05) is 7.05 Å². The fourth-order valence-corrected chi connectivity index (χ4v) is 1.74. The number of carbonyl (C=O) groups is 1. The minimum atomic E-state index is -0.233. The first-order valence-electron chi connectivity index (χ1n) is 5.59. The Morgan fingerprint density at radius 1 is 1.53 bits per heavy atom. The van der Waals surface area contributed by atoms with Gasteiger partial charge in [0.25, 0.3) is 0 Å². The maximum atomic E-state index is 11.9. The van der Waals surface area contributed by atoms with Crippen molar-refractivity contribution in [3.8, 4) is 0 Å². The summed E-state index contributed by atoms with van der Waals surface area (Å²) in [6.45, 7) is 4.15. The highest BCUT2D eigenvalue weighted by atomic mass is 16.5. The van der Waals surface area contributed by atoms with Gasteiger partial charge in [-0.3, -0.25) is 9.69 Å². The summed E-state index contributed by atoms with van der Waals surface area (Å²) in [5.74, 6) is 0.615. The Balaban J connectivity index is 2.57. The standard InChI is InChI=1S/C11H20N4O2/c1-8(2)10(14(3)4)11(16)17-6-9-13-12-7-15(9)5/h7-8,10H,6H2,1-5H3/t10-/m1/s1. The van der Waals surface area contributed by atoms with Crippen LogP contribution in [0.4, 0.5) is 0 Å². The van der Waals surface area contributed by atoms with Gasteiger partial charge in [0.05, 0.1) is 0 Å². The van der Waals surface area contributed by atoms with Gasteiger partial charge in [0.2, 0.25) is 0 Å². The molecular formula is C11H20N4O2. The molecule has 17 heavy (non-hydrogen) atoms. The molecule has 0 fully saturated rings. The molecule has 0 unspecified atom stereocenters. The van der Waals surface area contributed by atoms with Gasteiger partial charge in [-0.15, -0.1) is 10.2 Å². The maximum Gasteiger partial charge on any atom is 0.324 e. The molecule has 0 aromatic carbocycles.